The third-order valence-electron chi connectivity index (χ3n) is 3.91. The van der Waals surface area contributed by atoms with Gasteiger partial charge in [-0.1, -0.05) is 30.3 Å². The first-order chi connectivity index (χ1) is 10.9. The zero-order chi connectivity index (χ0) is 14.5. The maximum Gasteiger partial charge on any atom is 0.184 e. The van der Waals surface area contributed by atoms with Gasteiger partial charge in [-0.05, 0) is 18.2 Å². The van der Waals surface area contributed by atoms with Gasteiger partial charge in [-0.2, -0.15) is 0 Å². The first kappa shape index (κ1) is 11.4. The number of hydrogen-bond donors (Lipinski definition) is 1. The Balaban J connectivity index is 1.83. The molecule has 0 amide bonds. The molecule has 3 aromatic heterocycles. The first-order valence-electron chi connectivity index (χ1n) is 7.07. The molecular weight excluding hydrogens is 274 g/mol. The van der Waals surface area contributed by atoms with E-state index in [-0.39, 0.29) is 0 Å². The summed E-state index contributed by atoms with van der Waals surface area (Å²) in [6.07, 6.45) is 3.66. The van der Waals surface area contributed by atoms with Gasteiger partial charge in [0.2, 0.25) is 0 Å². The van der Waals surface area contributed by atoms with E-state index in [1.165, 1.54) is 0 Å². The highest BCUT2D eigenvalue weighted by molar-refractivity contribution is 5.95. The van der Waals surface area contributed by atoms with E-state index in [0.717, 1.165) is 33.0 Å². The maximum atomic E-state index is 4.73. The minimum absolute atomic E-state index is 0.704. The topological polar surface area (TPSA) is 58.9 Å². The van der Waals surface area contributed by atoms with Crippen molar-refractivity contribution >= 4 is 27.5 Å². The maximum absolute atomic E-state index is 4.73. The molecule has 0 atom stereocenters. The fourth-order valence-electron chi connectivity index (χ4n) is 2.85. The molecule has 3 heterocycles. The number of nitrogens with one attached hydrogen (secondary N) is 1. The van der Waals surface area contributed by atoms with Crippen LogP contribution in [0.1, 0.15) is 0 Å². The number of hydrogen-bond acceptors (Lipinski definition) is 3. The quantitative estimate of drug-likeness (QED) is 0.513. The van der Waals surface area contributed by atoms with Crippen molar-refractivity contribution in [2.24, 2.45) is 0 Å². The van der Waals surface area contributed by atoms with Crippen molar-refractivity contribution in [3.63, 3.8) is 0 Å². The molecule has 0 unspecified atom stereocenters. The number of aromatic amines is 1. The van der Waals surface area contributed by atoms with Gasteiger partial charge in [0.25, 0.3) is 0 Å². The van der Waals surface area contributed by atoms with E-state index in [4.69, 9.17) is 4.98 Å². The molecule has 5 rings (SSSR count). The summed E-state index contributed by atoms with van der Waals surface area (Å²) in [7, 11) is 0. The number of H-pyrrole nitrogens is 1. The van der Waals surface area contributed by atoms with Crippen LogP contribution in [0.5, 0.6) is 0 Å². The van der Waals surface area contributed by atoms with Crippen molar-refractivity contribution in [3.8, 4) is 11.4 Å². The zero-order valence-corrected chi connectivity index (χ0v) is 11.6. The summed E-state index contributed by atoms with van der Waals surface area (Å²) in [4.78, 5) is 12.4. The minimum Gasteiger partial charge on any atom is -0.360 e. The van der Waals surface area contributed by atoms with Crippen LogP contribution in [0.4, 0.5) is 0 Å². The predicted molar refractivity (Wildman–Crippen MR) is 85.6 cm³/mol. The lowest BCUT2D eigenvalue weighted by Crippen LogP contribution is -1.90. The van der Waals surface area contributed by atoms with Gasteiger partial charge in [0, 0.05) is 28.0 Å². The Bertz CT molecular complexity index is 1140. The molecule has 0 radical (unpaired) electrons. The van der Waals surface area contributed by atoms with Gasteiger partial charge in [0.15, 0.2) is 11.5 Å². The summed E-state index contributed by atoms with van der Waals surface area (Å²) >= 11 is 0. The molecule has 0 aliphatic rings. The fraction of sp³-hybridized carbons (Fsp3) is 0. The standard InChI is InChI=1S/C17H11N5/c1-3-7-14-11(5-1)13(9-18-14)16-20-17-12-6-2-4-8-15(12)19-10-22(17)21-16/h1-10,18H. The Hall–Kier alpha value is -3.21. The monoisotopic (exact) mass is 285 g/mol. The van der Waals surface area contributed by atoms with Crippen LogP contribution in [-0.2, 0) is 0 Å². The molecule has 0 saturated carbocycles. The second-order valence-electron chi connectivity index (χ2n) is 5.21. The van der Waals surface area contributed by atoms with Crippen LogP contribution >= 0.6 is 0 Å². The van der Waals surface area contributed by atoms with Crippen molar-refractivity contribution < 1.29 is 0 Å². The smallest absolute Gasteiger partial charge is 0.184 e. The predicted octanol–water partition coefficient (Wildman–Crippen LogP) is 3.43. The van der Waals surface area contributed by atoms with Crippen LogP contribution < -0.4 is 0 Å². The number of fused-ring (bicyclic) bond motifs is 4. The van der Waals surface area contributed by atoms with Gasteiger partial charge < -0.3 is 4.98 Å². The molecule has 5 nitrogen and oxygen atoms in total. The van der Waals surface area contributed by atoms with Gasteiger partial charge in [-0.25, -0.2) is 14.5 Å². The van der Waals surface area contributed by atoms with E-state index >= 15 is 0 Å². The number of benzene rings is 2. The molecule has 1 N–H and O–H groups in total. The average Bonchev–Trinajstić information content (AvgIpc) is 3.18. The van der Waals surface area contributed by atoms with Crippen molar-refractivity contribution in [3.05, 3.63) is 61.1 Å². The highest BCUT2D eigenvalue weighted by Gasteiger charge is 2.13. The van der Waals surface area contributed by atoms with Gasteiger partial charge in [0.05, 0.1) is 5.52 Å². The van der Waals surface area contributed by atoms with E-state index in [1.54, 1.807) is 10.8 Å². The van der Waals surface area contributed by atoms with Gasteiger partial charge in [-0.3, -0.25) is 0 Å². The molecule has 22 heavy (non-hydrogen) atoms. The Kier molecular flexibility index (Phi) is 2.16. The average molecular weight is 285 g/mol. The van der Waals surface area contributed by atoms with Crippen molar-refractivity contribution in [2.75, 3.05) is 0 Å². The summed E-state index contributed by atoms with van der Waals surface area (Å²) in [5.74, 6) is 0.704. The second-order valence-corrected chi connectivity index (χ2v) is 5.21. The number of nitrogens with zero attached hydrogens (tertiary/aromatic N) is 4. The normalized spacial score (nSPS) is 11.6. The van der Waals surface area contributed by atoms with Crippen LogP contribution in [0.3, 0.4) is 0 Å². The van der Waals surface area contributed by atoms with Crippen LogP contribution in [0.2, 0.25) is 0 Å². The number of para-hydroxylation sites is 2. The SMILES string of the molecule is c1ccc2c(c1)ncn1nc(-c3c[nH]c4ccccc34)nc21. The lowest BCUT2D eigenvalue weighted by Gasteiger charge is -1.96. The van der Waals surface area contributed by atoms with Crippen molar-refractivity contribution in [2.45, 2.75) is 0 Å². The molecule has 0 aliphatic carbocycles. The van der Waals surface area contributed by atoms with E-state index in [1.807, 2.05) is 48.7 Å². The third-order valence-corrected chi connectivity index (χ3v) is 3.91. The first-order valence-corrected chi connectivity index (χ1v) is 7.07. The Morgan fingerprint density at radius 1 is 0.909 bits per heavy atom. The van der Waals surface area contributed by atoms with E-state index in [9.17, 15) is 0 Å². The zero-order valence-electron chi connectivity index (χ0n) is 11.6. The van der Waals surface area contributed by atoms with Crippen molar-refractivity contribution in [1.82, 2.24) is 24.6 Å². The number of aromatic nitrogens is 5. The summed E-state index contributed by atoms with van der Waals surface area (Å²) in [5.41, 5.74) is 3.83. The molecule has 0 fully saturated rings. The minimum atomic E-state index is 0.704. The fourth-order valence-corrected chi connectivity index (χ4v) is 2.85. The molecule has 2 aromatic carbocycles. The molecule has 0 saturated heterocycles. The van der Waals surface area contributed by atoms with E-state index in [2.05, 4.69) is 21.1 Å². The highest BCUT2D eigenvalue weighted by Crippen LogP contribution is 2.27. The summed E-state index contributed by atoms with van der Waals surface area (Å²) in [6, 6.07) is 16.1. The summed E-state index contributed by atoms with van der Waals surface area (Å²) in [6.45, 7) is 0. The molecule has 0 aliphatic heterocycles. The molecule has 0 spiro atoms. The number of rotatable bonds is 1. The second kappa shape index (κ2) is 4.14. The van der Waals surface area contributed by atoms with Crippen LogP contribution in [0.15, 0.2) is 61.1 Å². The van der Waals surface area contributed by atoms with E-state index < -0.39 is 0 Å². The Morgan fingerprint density at radius 2 is 1.73 bits per heavy atom. The Labute approximate surface area is 125 Å². The Morgan fingerprint density at radius 3 is 2.68 bits per heavy atom. The van der Waals surface area contributed by atoms with Gasteiger partial charge in [0.1, 0.15) is 6.33 Å². The molecular formula is C17H11N5. The van der Waals surface area contributed by atoms with Gasteiger partial charge >= 0.3 is 0 Å². The van der Waals surface area contributed by atoms with Crippen molar-refractivity contribution in [1.29, 1.82) is 0 Å². The van der Waals surface area contributed by atoms with Gasteiger partial charge in [-0.15, -0.1) is 5.10 Å². The van der Waals surface area contributed by atoms with Crippen LogP contribution in [0.25, 0.3) is 38.8 Å². The lowest BCUT2D eigenvalue weighted by molar-refractivity contribution is 0.938. The van der Waals surface area contributed by atoms with Crippen LogP contribution in [0, 0.1) is 0 Å². The summed E-state index contributed by atoms with van der Waals surface area (Å²) < 4.78 is 1.74. The summed E-state index contributed by atoms with van der Waals surface area (Å²) in [5, 5.41) is 6.70. The molecule has 5 heteroatoms. The largest absolute Gasteiger partial charge is 0.360 e. The lowest BCUT2D eigenvalue weighted by atomic mass is 10.2. The molecule has 5 aromatic rings. The highest BCUT2D eigenvalue weighted by atomic mass is 15.3. The molecule has 0 bridgehead atoms. The van der Waals surface area contributed by atoms with E-state index in [0.29, 0.717) is 5.82 Å². The third kappa shape index (κ3) is 1.50. The van der Waals surface area contributed by atoms with Crippen LogP contribution in [-0.4, -0.2) is 24.6 Å². The molecule has 104 valence electrons.